The number of rotatable bonds is 5. The Hall–Kier alpha value is 0.114. The number of hydrogen-bond donors (Lipinski definition) is 0. The van der Waals surface area contributed by atoms with Crippen molar-refractivity contribution < 1.29 is 18.6 Å². The minimum Gasteiger partial charge on any atom is -0.293 e. The summed E-state index contributed by atoms with van der Waals surface area (Å²) in [5.74, 6) is 0. The van der Waals surface area contributed by atoms with Crippen molar-refractivity contribution in [3.63, 3.8) is 0 Å². The molecule has 1 radical (unpaired) electrons. The van der Waals surface area contributed by atoms with Gasteiger partial charge in [0, 0.05) is 24.1 Å². The fraction of sp³-hybridized carbons (Fsp3) is 0.412. The van der Waals surface area contributed by atoms with E-state index in [1.165, 1.54) is 11.1 Å². The van der Waals surface area contributed by atoms with Crippen LogP contribution in [0.1, 0.15) is 32.8 Å². The first-order valence-corrected chi connectivity index (χ1v) is 6.81. The molecule has 125 valence electrons. The van der Waals surface area contributed by atoms with Crippen LogP contribution < -0.4 is 0 Å². The Labute approximate surface area is 165 Å². The van der Waals surface area contributed by atoms with Crippen molar-refractivity contribution in [2.45, 2.75) is 32.7 Å². The molecule has 0 bridgehead atoms. The second-order valence-corrected chi connectivity index (χ2v) is 4.81. The minimum absolute atomic E-state index is 0. The van der Waals surface area contributed by atoms with Gasteiger partial charge in [-0.15, -0.1) is 43.6 Å². The predicted molar refractivity (Wildman–Crippen MR) is 99.0 cm³/mol. The summed E-state index contributed by atoms with van der Waals surface area (Å²) >= 11 is 0. The van der Waals surface area contributed by atoms with Crippen LogP contribution >= 0.6 is 37.2 Å². The predicted octanol–water partition coefficient (Wildman–Crippen LogP) is 5.20. The van der Waals surface area contributed by atoms with Gasteiger partial charge in [0.2, 0.25) is 0 Å². The van der Waals surface area contributed by atoms with Crippen LogP contribution in [-0.2, 0) is 24.1 Å². The zero-order valence-corrected chi connectivity index (χ0v) is 17.1. The Kier molecular flexibility index (Phi) is 15.4. The molecule has 0 amide bonds. The summed E-state index contributed by atoms with van der Waals surface area (Å²) in [4.78, 5) is 2.50. The van der Waals surface area contributed by atoms with Gasteiger partial charge in [0.1, 0.15) is 0 Å². The maximum atomic E-state index is 3.51. The molecule has 0 N–H and O–H groups in total. The zero-order valence-electron chi connectivity index (χ0n) is 13.3. The summed E-state index contributed by atoms with van der Waals surface area (Å²) in [5, 5.41) is 0. The Morgan fingerprint density at radius 2 is 1.59 bits per heavy atom. The molecule has 0 saturated heterocycles. The van der Waals surface area contributed by atoms with E-state index in [0.717, 1.165) is 19.5 Å². The molecule has 0 aliphatic heterocycles. The quantitative estimate of drug-likeness (QED) is 0.614. The first-order valence-electron chi connectivity index (χ1n) is 6.81. The molecular formula is C17H25Cl3NV-. The molecule has 0 aromatic heterocycles. The molecule has 0 spiro atoms. The van der Waals surface area contributed by atoms with Gasteiger partial charge in [0.25, 0.3) is 0 Å². The third-order valence-corrected chi connectivity index (χ3v) is 3.95. The van der Waals surface area contributed by atoms with Gasteiger partial charge < -0.3 is 0 Å². The molecule has 1 aliphatic carbocycles. The molecule has 0 heterocycles. The minimum atomic E-state index is -0.0578. The molecule has 2 rings (SSSR count). The van der Waals surface area contributed by atoms with Gasteiger partial charge >= 0.3 is 0 Å². The number of nitrogens with zero attached hydrogens (tertiary/aromatic N) is 1. The van der Waals surface area contributed by atoms with E-state index in [9.17, 15) is 0 Å². The van der Waals surface area contributed by atoms with Crippen LogP contribution in [0.25, 0.3) is 0 Å². The normalized spacial score (nSPS) is 14.6. The second kappa shape index (κ2) is 12.5. The van der Waals surface area contributed by atoms with Crippen LogP contribution in [0, 0.1) is 6.08 Å². The van der Waals surface area contributed by atoms with E-state index in [-0.39, 0.29) is 61.3 Å². The van der Waals surface area contributed by atoms with Gasteiger partial charge in [-0.2, -0.15) is 11.6 Å². The number of hydrogen-bond acceptors (Lipinski definition) is 1. The van der Waals surface area contributed by atoms with Gasteiger partial charge in [-0.25, -0.2) is 6.08 Å². The van der Waals surface area contributed by atoms with Crippen molar-refractivity contribution in [1.82, 2.24) is 4.90 Å². The molecule has 0 fully saturated rings. The Balaban J connectivity index is -0.000000902. The van der Waals surface area contributed by atoms with E-state index in [0.29, 0.717) is 0 Å². The molecule has 1 aromatic carbocycles. The second-order valence-electron chi connectivity index (χ2n) is 4.81. The van der Waals surface area contributed by atoms with Crippen molar-refractivity contribution in [2.24, 2.45) is 0 Å². The number of halogens is 3. The molecule has 1 aromatic rings. The average Bonchev–Trinajstić information content (AvgIpc) is 2.95. The largest absolute Gasteiger partial charge is 0.293 e. The van der Waals surface area contributed by atoms with Crippen molar-refractivity contribution in [3.05, 3.63) is 59.7 Å². The summed E-state index contributed by atoms with van der Waals surface area (Å²) in [6.45, 7) is 8.85. The summed E-state index contributed by atoms with van der Waals surface area (Å²) in [7, 11) is 0. The maximum absolute atomic E-state index is 3.51. The third kappa shape index (κ3) is 5.34. The van der Waals surface area contributed by atoms with Crippen molar-refractivity contribution >= 4 is 37.2 Å². The van der Waals surface area contributed by atoms with E-state index in [2.05, 4.69) is 74.2 Å². The Morgan fingerprint density at radius 3 is 2.00 bits per heavy atom. The molecule has 5 heteroatoms. The standard InChI is InChI=1S/C17H22N.3ClH.V/c1-4-18(5-2)17(3,16-13-9-10-14-16)15-11-7-6-8-12-15;;;;/h6-9,11-13H,4-5,10H2,1-3H3;3*1H;/q-1;;;;. The van der Waals surface area contributed by atoms with Gasteiger partial charge in [-0.05, 0) is 25.6 Å². The Morgan fingerprint density at radius 1 is 1.05 bits per heavy atom. The summed E-state index contributed by atoms with van der Waals surface area (Å²) in [6.07, 6.45) is 8.87. The monoisotopic (exact) mass is 399 g/mol. The summed E-state index contributed by atoms with van der Waals surface area (Å²) in [6, 6.07) is 10.8. The maximum Gasteiger partial charge on any atom is 0.0354 e. The van der Waals surface area contributed by atoms with Gasteiger partial charge in [0.05, 0.1) is 0 Å². The smallest absolute Gasteiger partial charge is 0.0354 e. The third-order valence-electron chi connectivity index (χ3n) is 3.95. The fourth-order valence-corrected chi connectivity index (χ4v) is 2.87. The van der Waals surface area contributed by atoms with Crippen molar-refractivity contribution in [1.29, 1.82) is 0 Å². The summed E-state index contributed by atoms with van der Waals surface area (Å²) < 4.78 is 0. The van der Waals surface area contributed by atoms with Gasteiger partial charge in [0.15, 0.2) is 0 Å². The number of allylic oxidation sites excluding steroid dienone is 2. The average molecular weight is 401 g/mol. The van der Waals surface area contributed by atoms with Crippen LogP contribution in [0.5, 0.6) is 0 Å². The van der Waals surface area contributed by atoms with Crippen LogP contribution in [0.3, 0.4) is 0 Å². The van der Waals surface area contributed by atoms with Crippen LogP contribution in [0.15, 0.2) is 48.1 Å². The topological polar surface area (TPSA) is 3.24 Å². The van der Waals surface area contributed by atoms with E-state index < -0.39 is 0 Å². The summed E-state index contributed by atoms with van der Waals surface area (Å²) in [5.41, 5.74) is 2.60. The molecule has 1 atom stereocenters. The molecule has 1 aliphatic rings. The number of benzene rings is 1. The van der Waals surface area contributed by atoms with Gasteiger partial charge in [-0.3, -0.25) is 11.0 Å². The van der Waals surface area contributed by atoms with Gasteiger partial charge in [-0.1, -0.05) is 44.2 Å². The van der Waals surface area contributed by atoms with E-state index in [1.54, 1.807) is 0 Å². The fourth-order valence-electron chi connectivity index (χ4n) is 2.87. The molecule has 1 unspecified atom stereocenters. The first-order chi connectivity index (χ1) is 8.73. The van der Waals surface area contributed by atoms with Crippen LogP contribution in [0.4, 0.5) is 0 Å². The van der Waals surface area contributed by atoms with E-state index in [1.807, 2.05) is 0 Å². The first kappa shape index (κ1) is 27.0. The SMILES string of the molecule is CCN(CC)C(C)(C1=[C-]CC=C1)c1ccccc1.Cl.Cl.Cl.[V]. The molecular weight excluding hydrogens is 375 g/mol. The Bertz CT molecular complexity index is 458. The van der Waals surface area contributed by atoms with Crippen LogP contribution in [0.2, 0.25) is 0 Å². The molecule has 1 nitrogen and oxygen atoms in total. The van der Waals surface area contributed by atoms with E-state index in [4.69, 9.17) is 0 Å². The van der Waals surface area contributed by atoms with E-state index >= 15 is 0 Å². The molecule has 0 saturated carbocycles. The zero-order chi connectivity index (χ0) is 13.0. The van der Waals surface area contributed by atoms with Crippen LogP contribution in [-0.4, -0.2) is 18.0 Å². The van der Waals surface area contributed by atoms with Crippen molar-refractivity contribution in [2.75, 3.05) is 13.1 Å². The molecule has 22 heavy (non-hydrogen) atoms. The number of likely N-dealkylation sites (N-methyl/N-ethyl adjacent to an activating group) is 1. The van der Waals surface area contributed by atoms with Crippen molar-refractivity contribution in [3.8, 4) is 0 Å².